The predicted molar refractivity (Wildman–Crippen MR) is 71.8 cm³/mol. The van der Waals surface area contributed by atoms with Crippen LogP contribution in [0.3, 0.4) is 0 Å². The van der Waals surface area contributed by atoms with E-state index < -0.39 is 0 Å². The SMILES string of the molecule is CCCNC(COC)Cc1cc(Br)ccc1F. The van der Waals surface area contributed by atoms with E-state index in [0.29, 0.717) is 18.6 Å². The van der Waals surface area contributed by atoms with Gasteiger partial charge in [-0.05, 0) is 43.1 Å². The van der Waals surface area contributed by atoms with Crippen molar-refractivity contribution in [1.82, 2.24) is 5.32 Å². The Morgan fingerprint density at radius 2 is 2.24 bits per heavy atom. The molecule has 96 valence electrons. The minimum atomic E-state index is -0.160. The molecule has 0 aromatic heterocycles. The second kappa shape index (κ2) is 7.80. The van der Waals surface area contributed by atoms with E-state index in [1.165, 1.54) is 6.07 Å². The third-order valence-corrected chi connectivity index (χ3v) is 3.02. The smallest absolute Gasteiger partial charge is 0.126 e. The lowest BCUT2D eigenvalue weighted by molar-refractivity contribution is 0.165. The largest absolute Gasteiger partial charge is 0.383 e. The molecule has 1 aromatic carbocycles. The van der Waals surface area contributed by atoms with Crippen LogP contribution in [0.25, 0.3) is 0 Å². The maximum atomic E-state index is 13.6. The Morgan fingerprint density at radius 1 is 1.47 bits per heavy atom. The van der Waals surface area contributed by atoms with Crippen molar-refractivity contribution >= 4 is 15.9 Å². The Hall–Kier alpha value is -0.450. The van der Waals surface area contributed by atoms with Gasteiger partial charge in [0.05, 0.1) is 6.61 Å². The summed E-state index contributed by atoms with van der Waals surface area (Å²) in [5, 5.41) is 3.36. The molecule has 17 heavy (non-hydrogen) atoms. The van der Waals surface area contributed by atoms with E-state index in [1.807, 2.05) is 6.07 Å². The second-order valence-electron chi connectivity index (χ2n) is 4.05. The zero-order valence-electron chi connectivity index (χ0n) is 10.3. The Balaban J connectivity index is 2.67. The maximum Gasteiger partial charge on any atom is 0.126 e. The summed E-state index contributed by atoms with van der Waals surface area (Å²) in [6.07, 6.45) is 1.69. The van der Waals surface area contributed by atoms with Crippen molar-refractivity contribution in [2.24, 2.45) is 0 Å². The molecule has 1 rings (SSSR count). The van der Waals surface area contributed by atoms with Crippen molar-refractivity contribution in [3.8, 4) is 0 Å². The molecule has 2 nitrogen and oxygen atoms in total. The molecule has 0 aliphatic heterocycles. The molecule has 1 aromatic rings. The van der Waals surface area contributed by atoms with Crippen LogP contribution in [0.2, 0.25) is 0 Å². The standard InChI is InChI=1S/C13H19BrFNO/c1-3-6-16-12(9-17-2)8-10-7-11(14)4-5-13(10)15/h4-5,7,12,16H,3,6,8-9H2,1-2H3. The van der Waals surface area contributed by atoms with Gasteiger partial charge >= 0.3 is 0 Å². The number of ether oxygens (including phenoxy) is 1. The average molecular weight is 304 g/mol. The summed E-state index contributed by atoms with van der Waals surface area (Å²) in [7, 11) is 1.66. The molecular formula is C13H19BrFNO. The van der Waals surface area contributed by atoms with Crippen LogP contribution in [-0.2, 0) is 11.2 Å². The normalized spacial score (nSPS) is 12.7. The van der Waals surface area contributed by atoms with E-state index in [2.05, 4.69) is 28.2 Å². The van der Waals surface area contributed by atoms with Crippen LogP contribution in [0.5, 0.6) is 0 Å². The third kappa shape index (κ3) is 5.15. The first-order valence-electron chi connectivity index (χ1n) is 5.83. The molecule has 0 fully saturated rings. The summed E-state index contributed by atoms with van der Waals surface area (Å²) in [6, 6.07) is 5.18. The molecule has 1 N–H and O–H groups in total. The molecule has 0 amide bonds. The third-order valence-electron chi connectivity index (χ3n) is 2.52. The number of benzene rings is 1. The molecule has 1 unspecified atom stereocenters. The van der Waals surface area contributed by atoms with Gasteiger partial charge < -0.3 is 10.1 Å². The zero-order chi connectivity index (χ0) is 12.7. The molecule has 0 spiro atoms. The van der Waals surface area contributed by atoms with Crippen molar-refractivity contribution in [2.45, 2.75) is 25.8 Å². The summed E-state index contributed by atoms with van der Waals surface area (Å²) < 4.78 is 19.7. The van der Waals surface area contributed by atoms with Crippen molar-refractivity contribution in [3.63, 3.8) is 0 Å². The van der Waals surface area contributed by atoms with Gasteiger partial charge in [0, 0.05) is 17.6 Å². The molecule has 0 saturated carbocycles. The van der Waals surface area contributed by atoms with Gasteiger partial charge in [0.25, 0.3) is 0 Å². The number of methoxy groups -OCH3 is 1. The first kappa shape index (κ1) is 14.6. The quantitative estimate of drug-likeness (QED) is 0.835. The van der Waals surface area contributed by atoms with E-state index in [4.69, 9.17) is 4.74 Å². The number of rotatable bonds is 7. The number of halogens is 2. The van der Waals surface area contributed by atoms with E-state index in [0.717, 1.165) is 17.4 Å². The number of hydrogen-bond donors (Lipinski definition) is 1. The Kier molecular flexibility index (Phi) is 6.70. The van der Waals surface area contributed by atoms with Crippen LogP contribution in [0.1, 0.15) is 18.9 Å². The molecule has 1 atom stereocenters. The fourth-order valence-corrected chi connectivity index (χ4v) is 2.11. The fraction of sp³-hybridized carbons (Fsp3) is 0.538. The van der Waals surface area contributed by atoms with Gasteiger partial charge in [-0.2, -0.15) is 0 Å². The molecule has 0 aliphatic rings. The Labute approximate surface area is 111 Å². The van der Waals surface area contributed by atoms with Crippen molar-refractivity contribution < 1.29 is 9.13 Å². The van der Waals surface area contributed by atoms with Crippen LogP contribution >= 0.6 is 15.9 Å². The summed E-state index contributed by atoms with van der Waals surface area (Å²) in [6.45, 7) is 3.62. The highest BCUT2D eigenvalue weighted by Gasteiger charge is 2.11. The second-order valence-corrected chi connectivity index (χ2v) is 4.96. The lowest BCUT2D eigenvalue weighted by atomic mass is 10.1. The lowest BCUT2D eigenvalue weighted by Gasteiger charge is -2.18. The number of hydrogen-bond acceptors (Lipinski definition) is 2. The molecule has 4 heteroatoms. The molecule has 0 aliphatic carbocycles. The van der Waals surface area contributed by atoms with E-state index in [-0.39, 0.29) is 11.9 Å². The topological polar surface area (TPSA) is 21.3 Å². The minimum Gasteiger partial charge on any atom is -0.383 e. The van der Waals surface area contributed by atoms with Gasteiger partial charge in [-0.25, -0.2) is 4.39 Å². The number of nitrogens with one attached hydrogen (secondary N) is 1. The first-order chi connectivity index (χ1) is 8.17. The highest BCUT2D eigenvalue weighted by molar-refractivity contribution is 9.10. The van der Waals surface area contributed by atoms with E-state index in [9.17, 15) is 4.39 Å². The van der Waals surface area contributed by atoms with Crippen LogP contribution < -0.4 is 5.32 Å². The van der Waals surface area contributed by atoms with Crippen molar-refractivity contribution in [3.05, 3.63) is 34.1 Å². The first-order valence-corrected chi connectivity index (χ1v) is 6.63. The van der Waals surface area contributed by atoms with Gasteiger partial charge in [-0.1, -0.05) is 22.9 Å². The lowest BCUT2D eigenvalue weighted by Crippen LogP contribution is -2.35. The fourth-order valence-electron chi connectivity index (χ4n) is 1.70. The van der Waals surface area contributed by atoms with Crippen LogP contribution in [-0.4, -0.2) is 26.3 Å². The summed E-state index contributed by atoms with van der Waals surface area (Å²) >= 11 is 3.36. The van der Waals surface area contributed by atoms with E-state index in [1.54, 1.807) is 13.2 Å². The molecule has 0 bridgehead atoms. The molecule has 0 saturated heterocycles. The van der Waals surface area contributed by atoms with Gasteiger partial charge in [-0.15, -0.1) is 0 Å². The highest BCUT2D eigenvalue weighted by atomic mass is 79.9. The zero-order valence-corrected chi connectivity index (χ0v) is 11.9. The van der Waals surface area contributed by atoms with Crippen LogP contribution in [0.15, 0.2) is 22.7 Å². The summed E-state index contributed by atoms with van der Waals surface area (Å²) in [5.74, 6) is -0.160. The van der Waals surface area contributed by atoms with Crippen LogP contribution in [0.4, 0.5) is 4.39 Å². The molecular weight excluding hydrogens is 285 g/mol. The van der Waals surface area contributed by atoms with Crippen molar-refractivity contribution in [2.75, 3.05) is 20.3 Å². The Bertz CT molecular complexity index is 346. The molecule has 0 radical (unpaired) electrons. The van der Waals surface area contributed by atoms with Crippen LogP contribution in [0, 0.1) is 5.82 Å². The van der Waals surface area contributed by atoms with Crippen molar-refractivity contribution in [1.29, 1.82) is 0 Å². The minimum absolute atomic E-state index is 0.156. The summed E-state index contributed by atoms with van der Waals surface area (Å²) in [4.78, 5) is 0. The Morgan fingerprint density at radius 3 is 2.88 bits per heavy atom. The molecule has 0 heterocycles. The van der Waals surface area contributed by atoms with Gasteiger partial charge in [0.15, 0.2) is 0 Å². The monoisotopic (exact) mass is 303 g/mol. The highest BCUT2D eigenvalue weighted by Crippen LogP contribution is 2.17. The van der Waals surface area contributed by atoms with Gasteiger partial charge in [-0.3, -0.25) is 0 Å². The van der Waals surface area contributed by atoms with Gasteiger partial charge in [0.2, 0.25) is 0 Å². The van der Waals surface area contributed by atoms with Gasteiger partial charge in [0.1, 0.15) is 5.82 Å². The maximum absolute atomic E-state index is 13.6. The van der Waals surface area contributed by atoms with E-state index >= 15 is 0 Å². The average Bonchev–Trinajstić information content (AvgIpc) is 2.31. The summed E-state index contributed by atoms with van der Waals surface area (Å²) in [5.41, 5.74) is 0.713. The predicted octanol–water partition coefficient (Wildman–Crippen LogP) is 3.15.